The van der Waals surface area contributed by atoms with Crippen molar-refractivity contribution in [1.82, 2.24) is 0 Å². The van der Waals surface area contributed by atoms with E-state index in [0.717, 1.165) is 28.6 Å². The van der Waals surface area contributed by atoms with E-state index in [9.17, 15) is 9.90 Å². The van der Waals surface area contributed by atoms with E-state index in [2.05, 4.69) is 22.9 Å². The van der Waals surface area contributed by atoms with Crippen LogP contribution in [0.2, 0.25) is 0 Å². The van der Waals surface area contributed by atoms with Gasteiger partial charge in [-0.3, -0.25) is 4.79 Å². The second-order valence-corrected chi connectivity index (χ2v) is 6.13. The maximum Gasteiger partial charge on any atom is 0.314 e. The molecule has 2 rings (SSSR count). The summed E-state index contributed by atoms with van der Waals surface area (Å²) in [6.07, 6.45) is 1.52. The zero-order chi connectivity index (χ0) is 11.8. The maximum absolute atomic E-state index is 11.2. The summed E-state index contributed by atoms with van der Waals surface area (Å²) >= 11 is 5.26. The van der Waals surface area contributed by atoms with E-state index in [-0.39, 0.29) is 0 Å². The summed E-state index contributed by atoms with van der Waals surface area (Å²) in [6.45, 7) is 2.10. The second-order valence-electron chi connectivity index (χ2n) is 3.97. The number of carboxylic acids is 1. The van der Waals surface area contributed by atoms with E-state index >= 15 is 0 Å². The van der Waals surface area contributed by atoms with Crippen LogP contribution < -0.4 is 0 Å². The van der Waals surface area contributed by atoms with Crippen LogP contribution in [0.4, 0.5) is 0 Å². The Morgan fingerprint density at radius 2 is 2.25 bits per heavy atom. The molecule has 86 valence electrons. The molecule has 0 spiro atoms. The zero-order valence-electron chi connectivity index (χ0n) is 9.00. The third-order valence-corrected chi connectivity index (χ3v) is 4.82. The van der Waals surface area contributed by atoms with Crippen LogP contribution in [0, 0.1) is 0 Å². The van der Waals surface area contributed by atoms with Crippen LogP contribution in [-0.2, 0) is 10.2 Å². The summed E-state index contributed by atoms with van der Waals surface area (Å²) in [7, 11) is 0. The molecular weight excluding hydrogens is 288 g/mol. The third kappa shape index (κ3) is 2.00. The van der Waals surface area contributed by atoms with Crippen molar-refractivity contribution in [2.24, 2.45) is 0 Å². The Bertz CT molecular complexity index is 427. The molecule has 0 aliphatic heterocycles. The predicted octanol–water partition coefficient (Wildman–Crippen LogP) is 3.68. The average Bonchev–Trinajstić information content (AvgIpc) is 3.02. The van der Waals surface area contributed by atoms with Crippen LogP contribution in [0.5, 0.6) is 0 Å². The first-order valence-electron chi connectivity index (χ1n) is 5.26. The smallest absolute Gasteiger partial charge is 0.314 e. The summed E-state index contributed by atoms with van der Waals surface area (Å²) < 4.78 is 1.00. The van der Waals surface area contributed by atoms with Crippen molar-refractivity contribution < 1.29 is 9.90 Å². The quantitative estimate of drug-likeness (QED) is 0.862. The lowest BCUT2D eigenvalue weighted by molar-refractivity contribution is -0.140. The monoisotopic (exact) mass is 300 g/mol. The molecule has 1 aliphatic rings. The van der Waals surface area contributed by atoms with Crippen molar-refractivity contribution in [3.63, 3.8) is 0 Å². The lowest BCUT2D eigenvalue weighted by Crippen LogP contribution is -2.19. The molecule has 0 amide bonds. The van der Waals surface area contributed by atoms with Gasteiger partial charge >= 0.3 is 5.97 Å². The van der Waals surface area contributed by atoms with E-state index in [0.29, 0.717) is 0 Å². The van der Waals surface area contributed by atoms with Crippen molar-refractivity contribution in [2.75, 3.05) is 5.75 Å². The summed E-state index contributed by atoms with van der Waals surface area (Å²) in [5, 5.41) is 9.20. The number of rotatable bonds is 4. The molecule has 2 nitrogen and oxygen atoms in total. The average molecular weight is 301 g/mol. The molecule has 16 heavy (non-hydrogen) atoms. The van der Waals surface area contributed by atoms with Crippen molar-refractivity contribution in [3.8, 4) is 0 Å². The minimum Gasteiger partial charge on any atom is -0.481 e. The van der Waals surface area contributed by atoms with E-state index < -0.39 is 11.4 Å². The third-order valence-electron chi connectivity index (χ3n) is 2.94. The highest BCUT2D eigenvalue weighted by Gasteiger charge is 2.51. The van der Waals surface area contributed by atoms with Crippen LogP contribution in [0.1, 0.15) is 25.3 Å². The van der Waals surface area contributed by atoms with Crippen LogP contribution in [0.25, 0.3) is 0 Å². The van der Waals surface area contributed by atoms with Crippen molar-refractivity contribution in [2.45, 2.75) is 30.1 Å². The van der Waals surface area contributed by atoms with Gasteiger partial charge in [0.2, 0.25) is 0 Å². The van der Waals surface area contributed by atoms with Gasteiger partial charge in [0.25, 0.3) is 0 Å². The topological polar surface area (TPSA) is 37.3 Å². The van der Waals surface area contributed by atoms with Gasteiger partial charge in [-0.05, 0) is 52.2 Å². The van der Waals surface area contributed by atoms with Gasteiger partial charge in [-0.1, -0.05) is 13.0 Å². The molecule has 0 heterocycles. The fourth-order valence-electron chi connectivity index (χ4n) is 1.82. The molecule has 1 aromatic carbocycles. The zero-order valence-corrected chi connectivity index (χ0v) is 11.4. The van der Waals surface area contributed by atoms with E-state index in [1.54, 1.807) is 11.8 Å². The number of halogens is 1. The van der Waals surface area contributed by atoms with Gasteiger partial charge in [0.15, 0.2) is 0 Å². The lowest BCUT2D eigenvalue weighted by Gasteiger charge is -2.12. The highest BCUT2D eigenvalue weighted by molar-refractivity contribution is 9.10. The number of carboxylic acid groups (broad SMARTS) is 1. The number of hydrogen-bond acceptors (Lipinski definition) is 2. The molecule has 4 heteroatoms. The summed E-state index contributed by atoms with van der Waals surface area (Å²) in [5.74, 6) is 0.317. The van der Waals surface area contributed by atoms with Crippen molar-refractivity contribution in [1.29, 1.82) is 0 Å². The Hall–Kier alpha value is -0.480. The van der Waals surface area contributed by atoms with Gasteiger partial charge in [0, 0.05) is 9.37 Å². The van der Waals surface area contributed by atoms with Crippen molar-refractivity contribution >= 4 is 33.7 Å². The van der Waals surface area contributed by atoms with Gasteiger partial charge in [-0.2, -0.15) is 0 Å². The summed E-state index contributed by atoms with van der Waals surface area (Å²) in [4.78, 5) is 12.4. The SMILES string of the molecule is CCSc1ccc(C2(C(=O)O)CC2)cc1Br. The van der Waals surface area contributed by atoms with Gasteiger partial charge in [0.1, 0.15) is 0 Å². The van der Waals surface area contributed by atoms with E-state index in [4.69, 9.17) is 0 Å². The van der Waals surface area contributed by atoms with Gasteiger partial charge in [-0.15, -0.1) is 11.8 Å². The molecule has 0 aromatic heterocycles. The molecule has 0 unspecified atom stereocenters. The van der Waals surface area contributed by atoms with Crippen LogP contribution >= 0.6 is 27.7 Å². The second kappa shape index (κ2) is 4.41. The number of carbonyl (C=O) groups is 1. The highest BCUT2D eigenvalue weighted by atomic mass is 79.9. The van der Waals surface area contributed by atoms with E-state index in [1.807, 2.05) is 18.2 Å². The molecule has 1 N–H and O–H groups in total. The summed E-state index contributed by atoms with van der Waals surface area (Å²) in [6, 6.07) is 5.92. The molecule has 1 fully saturated rings. The molecule has 0 atom stereocenters. The molecular formula is C12H13BrO2S. The van der Waals surface area contributed by atoms with Gasteiger partial charge < -0.3 is 5.11 Å². The Kier molecular flexibility index (Phi) is 3.31. The predicted molar refractivity (Wildman–Crippen MR) is 69.1 cm³/mol. The molecule has 0 radical (unpaired) electrons. The minimum absolute atomic E-state index is 0.599. The Morgan fingerprint density at radius 1 is 1.56 bits per heavy atom. The lowest BCUT2D eigenvalue weighted by atomic mass is 9.96. The first-order valence-corrected chi connectivity index (χ1v) is 7.04. The van der Waals surface area contributed by atoms with E-state index in [1.165, 1.54) is 4.90 Å². The molecule has 0 bridgehead atoms. The number of aliphatic carboxylic acids is 1. The molecule has 0 saturated heterocycles. The fourth-order valence-corrected chi connectivity index (χ4v) is 3.22. The number of benzene rings is 1. The Labute approximate surface area is 108 Å². The first kappa shape index (κ1) is 12.0. The minimum atomic E-state index is -0.699. The maximum atomic E-state index is 11.2. The normalized spacial score (nSPS) is 17.1. The highest BCUT2D eigenvalue weighted by Crippen LogP contribution is 2.49. The Morgan fingerprint density at radius 3 is 2.69 bits per heavy atom. The largest absolute Gasteiger partial charge is 0.481 e. The van der Waals surface area contributed by atoms with Gasteiger partial charge in [0.05, 0.1) is 5.41 Å². The van der Waals surface area contributed by atoms with Crippen molar-refractivity contribution in [3.05, 3.63) is 28.2 Å². The number of hydrogen-bond donors (Lipinski definition) is 1. The molecule has 1 aliphatic carbocycles. The fraction of sp³-hybridized carbons (Fsp3) is 0.417. The molecule has 1 aromatic rings. The summed E-state index contributed by atoms with van der Waals surface area (Å²) in [5.41, 5.74) is 0.324. The van der Waals surface area contributed by atoms with Crippen LogP contribution in [-0.4, -0.2) is 16.8 Å². The standard InChI is InChI=1S/C12H13BrO2S/c1-2-16-10-4-3-8(7-9(10)13)12(5-6-12)11(14)15/h3-4,7H,2,5-6H2,1H3,(H,14,15). The van der Waals surface area contributed by atoms with Gasteiger partial charge in [-0.25, -0.2) is 0 Å². The van der Waals surface area contributed by atoms with Crippen LogP contribution in [0.15, 0.2) is 27.6 Å². The Balaban J connectivity index is 2.31. The number of thioether (sulfide) groups is 1. The van der Waals surface area contributed by atoms with Crippen LogP contribution in [0.3, 0.4) is 0 Å². The molecule has 1 saturated carbocycles. The first-order chi connectivity index (χ1) is 7.60.